The van der Waals surface area contributed by atoms with Crippen LogP contribution in [0.2, 0.25) is 0 Å². The van der Waals surface area contributed by atoms with Crippen LogP contribution in [0.4, 0.5) is 0 Å². The standard InChI is InChI=1S/C16H30S2/c1-6-7-8-14(17)11-12-15(18)10-9-13(2)16(3,4)5/h13H,6-12H2,1-5H3. The van der Waals surface area contributed by atoms with E-state index < -0.39 is 0 Å². The summed E-state index contributed by atoms with van der Waals surface area (Å²) in [6, 6.07) is 0. The zero-order valence-corrected chi connectivity index (χ0v) is 14.5. The van der Waals surface area contributed by atoms with Gasteiger partial charge in [0.25, 0.3) is 0 Å². The van der Waals surface area contributed by atoms with E-state index in [-0.39, 0.29) is 0 Å². The highest BCUT2D eigenvalue weighted by Gasteiger charge is 2.19. The molecule has 0 saturated carbocycles. The summed E-state index contributed by atoms with van der Waals surface area (Å²) in [7, 11) is 0. The molecular weight excluding hydrogens is 256 g/mol. The fraction of sp³-hybridized carbons (Fsp3) is 0.875. The van der Waals surface area contributed by atoms with E-state index in [0.29, 0.717) is 5.41 Å². The Labute approximate surface area is 125 Å². The summed E-state index contributed by atoms with van der Waals surface area (Å²) in [5.74, 6) is 0.725. The minimum Gasteiger partial charge on any atom is -0.0897 e. The molecule has 0 saturated heterocycles. The van der Waals surface area contributed by atoms with Crippen molar-refractivity contribution >= 4 is 34.2 Å². The maximum atomic E-state index is 5.47. The summed E-state index contributed by atoms with van der Waals surface area (Å²) >= 11 is 10.8. The van der Waals surface area contributed by atoms with Crippen LogP contribution in [0.25, 0.3) is 0 Å². The molecule has 0 aromatic heterocycles. The van der Waals surface area contributed by atoms with Gasteiger partial charge < -0.3 is 0 Å². The van der Waals surface area contributed by atoms with Gasteiger partial charge in [0.1, 0.15) is 0 Å². The largest absolute Gasteiger partial charge is 0.0897 e. The summed E-state index contributed by atoms with van der Waals surface area (Å²) < 4.78 is 0. The molecular formula is C16H30S2. The van der Waals surface area contributed by atoms with Gasteiger partial charge >= 0.3 is 0 Å². The van der Waals surface area contributed by atoms with Crippen molar-refractivity contribution in [3.63, 3.8) is 0 Å². The molecule has 0 nitrogen and oxygen atoms in total. The third-order valence-corrected chi connectivity index (χ3v) is 4.64. The van der Waals surface area contributed by atoms with Crippen LogP contribution in [0, 0.1) is 11.3 Å². The SMILES string of the molecule is CCCCC(=S)CCC(=S)CCC(C)C(C)(C)C. The lowest BCUT2D eigenvalue weighted by Crippen LogP contribution is -2.18. The van der Waals surface area contributed by atoms with E-state index >= 15 is 0 Å². The van der Waals surface area contributed by atoms with Crippen molar-refractivity contribution in [2.75, 3.05) is 0 Å². The minimum atomic E-state index is 0.395. The third-order valence-electron chi connectivity index (χ3n) is 3.83. The first-order valence-electron chi connectivity index (χ1n) is 7.30. The molecule has 0 N–H and O–H groups in total. The van der Waals surface area contributed by atoms with Crippen LogP contribution in [0.15, 0.2) is 0 Å². The molecule has 0 amide bonds. The Morgan fingerprint density at radius 2 is 1.44 bits per heavy atom. The number of hydrogen-bond acceptors (Lipinski definition) is 2. The Morgan fingerprint density at radius 1 is 0.944 bits per heavy atom. The Morgan fingerprint density at radius 3 is 1.89 bits per heavy atom. The first kappa shape index (κ1) is 18.2. The Kier molecular flexibility index (Phi) is 9.23. The topological polar surface area (TPSA) is 0 Å². The molecule has 106 valence electrons. The predicted molar refractivity (Wildman–Crippen MR) is 91.8 cm³/mol. The lowest BCUT2D eigenvalue weighted by molar-refractivity contribution is 0.250. The van der Waals surface area contributed by atoms with E-state index in [1.165, 1.54) is 29.0 Å². The van der Waals surface area contributed by atoms with Crippen LogP contribution in [0.1, 0.15) is 79.6 Å². The molecule has 0 aromatic carbocycles. The quantitative estimate of drug-likeness (QED) is 0.466. The number of rotatable bonds is 9. The van der Waals surface area contributed by atoms with Crippen molar-refractivity contribution in [3.8, 4) is 0 Å². The lowest BCUT2D eigenvalue weighted by Gasteiger charge is -2.27. The molecule has 0 aliphatic carbocycles. The van der Waals surface area contributed by atoms with Crippen LogP contribution in [-0.4, -0.2) is 9.73 Å². The first-order chi connectivity index (χ1) is 8.27. The fourth-order valence-corrected chi connectivity index (χ4v) is 2.18. The average molecular weight is 287 g/mol. The highest BCUT2D eigenvalue weighted by Crippen LogP contribution is 2.29. The van der Waals surface area contributed by atoms with E-state index in [0.717, 1.165) is 31.6 Å². The number of hydrogen-bond donors (Lipinski definition) is 0. The van der Waals surface area contributed by atoms with Gasteiger partial charge in [0.2, 0.25) is 0 Å². The normalized spacial score (nSPS) is 13.4. The van der Waals surface area contributed by atoms with E-state index in [1.807, 2.05) is 0 Å². The molecule has 0 aromatic rings. The highest BCUT2D eigenvalue weighted by molar-refractivity contribution is 7.80. The second-order valence-corrected chi connectivity index (χ2v) is 7.64. The lowest BCUT2D eigenvalue weighted by atomic mass is 9.79. The second-order valence-electron chi connectivity index (χ2n) is 6.49. The first-order valence-corrected chi connectivity index (χ1v) is 8.12. The van der Waals surface area contributed by atoms with Gasteiger partial charge in [-0.1, -0.05) is 65.5 Å². The fourth-order valence-electron chi connectivity index (χ4n) is 1.71. The zero-order valence-electron chi connectivity index (χ0n) is 12.8. The Hall–Kier alpha value is 0.180. The maximum absolute atomic E-state index is 5.47. The molecule has 0 aliphatic heterocycles. The monoisotopic (exact) mass is 286 g/mol. The van der Waals surface area contributed by atoms with Crippen LogP contribution in [0.3, 0.4) is 0 Å². The van der Waals surface area contributed by atoms with Gasteiger partial charge in [-0.3, -0.25) is 0 Å². The van der Waals surface area contributed by atoms with E-state index in [2.05, 4.69) is 34.6 Å². The van der Waals surface area contributed by atoms with Gasteiger partial charge in [-0.05, 0) is 59.6 Å². The summed E-state index contributed by atoms with van der Waals surface area (Å²) in [4.78, 5) is 2.42. The van der Waals surface area contributed by atoms with Gasteiger partial charge in [0.05, 0.1) is 0 Å². The molecule has 0 radical (unpaired) electrons. The smallest absolute Gasteiger partial charge is 0.00679 e. The zero-order chi connectivity index (χ0) is 14.2. The summed E-state index contributed by atoms with van der Waals surface area (Å²) in [5, 5.41) is 0. The van der Waals surface area contributed by atoms with Gasteiger partial charge in [0, 0.05) is 0 Å². The second kappa shape index (κ2) is 9.14. The molecule has 0 aliphatic rings. The van der Waals surface area contributed by atoms with Crippen molar-refractivity contribution in [3.05, 3.63) is 0 Å². The third kappa shape index (κ3) is 9.16. The molecule has 0 heterocycles. The van der Waals surface area contributed by atoms with E-state index in [1.54, 1.807) is 0 Å². The number of unbranched alkanes of at least 4 members (excludes halogenated alkanes) is 1. The molecule has 0 spiro atoms. The molecule has 0 rings (SSSR count). The van der Waals surface area contributed by atoms with Crippen LogP contribution in [-0.2, 0) is 0 Å². The molecule has 0 bridgehead atoms. The highest BCUT2D eigenvalue weighted by atomic mass is 32.1. The minimum absolute atomic E-state index is 0.395. The van der Waals surface area contributed by atoms with Gasteiger partial charge in [-0.2, -0.15) is 0 Å². The maximum Gasteiger partial charge on any atom is -0.00679 e. The Balaban J connectivity index is 3.76. The molecule has 2 heteroatoms. The van der Waals surface area contributed by atoms with Crippen molar-refractivity contribution in [2.45, 2.75) is 79.6 Å². The van der Waals surface area contributed by atoms with Crippen LogP contribution in [0.5, 0.6) is 0 Å². The van der Waals surface area contributed by atoms with Crippen LogP contribution < -0.4 is 0 Å². The van der Waals surface area contributed by atoms with Crippen molar-refractivity contribution in [1.29, 1.82) is 0 Å². The van der Waals surface area contributed by atoms with Gasteiger partial charge in [-0.15, -0.1) is 0 Å². The van der Waals surface area contributed by atoms with Crippen molar-refractivity contribution in [2.24, 2.45) is 11.3 Å². The van der Waals surface area contributed by atoms with E-state index in [4.69, 9.17) is 24.4 Å². The summed E-state index contributed by atoms with van der Waals surface area (Å²) in [6.45, 7) is 11.5. The molecule has 1 unspecified atom stereocenters. The summed E-state index contributed by atoms with van der Waals surface area (Å²) in [6.07, 6.45) is 7.91. The number of thiocarbonyl (C=S) groups is 2. The van der Waals surface area contributed by atoms with E-state index in [9.17, 15) is 0 Å². The molecule has 0 fully saturated rings. The summed E-state index contributed by atoms with van der Waals surface area (Å²) in [5.41, 5.74) is 0.395. The predicted octanol–water partition coefficient (Wildman–Crippen LogP) is 6.16. The van der Waals surface area contributed by atoms with Gasteiger partial charge in [-0.25, -0.2) is 0 Å². The molecule has 1 atom stereocenters. The van der Waals surface area contributed by atoms with Crippen molar-refractivity contribution in [1.82, 2.24) is 0 Å². The van der Waals surface area contributed by atoms with Crippen LogP contribution >= 0.6 is 24.4 Å². The Bertz CT molecular complexity index is 261. The molecule has 18 heavy (non-hydrogen) atoms. The van der Waals surface area contributed by atoms with Gasteiger partial charge in [0.15, 0.2) is 0 Å². The van der Waals surface area contributed by atoms with Crippen molar-refractivity contribution < 1.29 is 0 Å². The average Bonchev–Trinajstić information content (AvgIpc) is 2.29.